The van der Waals surface area contributed by atoms with E-state index in [0.29, 0.717) is 54.8 Å². The monoisotopic (exact) mass is 464 g/mol. The van der Waals surface area contributed by atoms with Gasteiger partial charge in [0.05, 0.1) is 45.9 Å². The fraction of sp³-hybridized carbons (Fsp3) is 0.409. The first-order valence-corrected chi connectivity index (χ1v) is 11.5. The molecule has 0 spiro atoms. The van der Waals surface area contributed by atoms with Gasteiger partial charge in [0.25, 0.3) is 0 Å². The van der Waals surface area contributed by atoms with E-state index >= 15 is 0 Å². The molecule has 1 aliphatic rings. The molecule has 0 atom stereocenters. The van der Waals surface area contributed by atoms with Crippen LogP contribution in [-0.2, 0) is 26.0 Å². The SMILES string of the molecule is COc1cc(CC(=O)Nc2cc(S(=O)(=O)N3CCOCC3)ccc2C)cc(OC)c1OC. The van der Waals surface area contributed by atoms with Gasteiger partial charge in [-0.25, -0.2) is 8.42 Å². The molecule has 0 unspecified atom stereocenters. The van der Waals surface area contributed by atoms with E-state index in [2.05, 4.69) is 5.32 Å². The number of hydrogen-bond acceptors (Lipinski definition) is 7. The highest BCUT2D eigenvalue weighted by molar-refractivity contribution is 7.89. The molecule has 0 saturated carbocycles. The van der Waals surface area contributed by atoms with Crippen LogP contribution in [0.2, 0.25) is 0 Å². The molecule has 1 aliphatic heterocycles. The van der Waals surface area contributed by atoms with Gasteiger partial charge in [-0.15, -0.1) is 0 Å². The van der Waals surface area contributed by atoms with Crippen molar-refractivity contribution in [1.82, 2.24) is 4.31 Å². The molecule has 1 amide bonds. The lowest BCUT2D eigenvalue weighted by Gasteiger charge is -2.26. The van der Waals surface area contributed by atoms with Crippen molar-refractivity contribution in [1.29, 1.82) is 0 Å². The highest BCUT2D eigenvalue weighted by Crippen LogP contribution is 2.38. The molecule has 1 N–H and O–H groups in total. The number of anilines is 1. The Labute approximate surface area is 188 Å². The lowest BCUT2D eigenvalue weighted by Crippen LogP contribution is -2.40. The number of benzene rings is 2. The van der Waals surface area contributed by atoms with E-state index in [9.17, 15) is 13.2 Å². The van der Waals surface area contributed by atoms with Crippen molar-refractivity contribution in [3.8, 4) is 17.2 Å². The van der Waals surface area contributed by atoms with Gasteiger partial charge < -0.3 is 24.3 Å². The molecule has 1 heterocycles. The van der Waals surface area contributed by atoms with Crippen LogP contribution in [0.15, 0.2) is 35.2 Å². The van der Waals surface area contributed by atoms with Crippen LogP contribution in [0.1, 0.15) is 11.1 Å². The van der Waals surface area contributed by atoms with Crippen LogP contribution in [0.3, 0.4) is 0 Å². The van der Waals surface area contributed by atoms with E-state index in [1.165, 1.54) is 31.7 Å². The summed E-state index contributed by atoms with van der Waals surface area (Å²) in [6, 6.07) is 8.13. The molecular weight excluding hydrogens is 436 g/mol. The molecule has 3 rings (SSSR count). The molecule has 1 fully saturated rings. The van der Waals surface area contributed by atoms with Crippen molar-refractivity contribution < 1.29 is 32.2 Å². The lowest BCUT2D eigenvalue weighted by molar-refractivity contribution is -0.115. The van der Waals surface area contributed by atoms with E-state index < -0.39 is 10.0 Å². The maximum Gasteiger partial charge on any atom is 0.243 e. The van der Waals surface area contributed by atoms with Crippen LogP contribution in [0.5, 0.6) is 17.2 Å². The largest absolute Gasteiger partial charge is 0.493 e. The maximum atomic E-state index is 12.9. The Morgan fingerprint density at radius 2 is 1.66 bits per heavy atom. The number of morpholine rings is 1. The number of nitrogens with zero attached hydrogens (tertiary/aromatic N) is 1. The number of sulfonamides is 1. The molecule has 1 saturated heterocycles. The second-order valence-corrected chi connectivity index (χ2v) is 9.19. The minimum atomic E-state index is -3.67. The number of carbonyl (C=O) groups is 1. The van der Waals surface area contributed by atoms with Gasteiger partial charge in [0.2, 0.25) is 21.7 Å². The third-order valence-electron chi connectivity index (χ3n) is 5.18. The zero-order chi connectivity index (χ0) is 23.3. The average Bonchev–Trinajstić information content (AvgIpc) is 2.80. The number of methoxy groups -OCH3 is 3. The summed E-state index contributed by atoms with van der Waals surface area (Å²) >= 11 is 0. The average molecular weight is 465 g/mol. The molecule has 0 aromatic heterocycles. The standard InChI is InChI=1S/C22H28N2O7S/c1-15-5-6-17(32(26,27)24-7-9-31-10-8-24)14-18(15)23-21(25)13-16-11-19(28-2)22(30-4)20(12-16)29-3/h5-6,11-12,14H,7-10,13H2,1-4H3,(H,23,25). The first-order valence-electron chi connectivity index (χ1n) is 10.1. The second-order valence-electron chi connectivity index (χ2n) is 7.25. The van der Waals surface area contributed by atoms with Crippen LogP contribution >= 0.6 is 0 Å². The third-order valence-corrected chi connectivity index (χ3v) is 7.07. The molecule has 0 bridgehead atoms. The van der Waals surface area contributed by atoms with Crippen molar-refractivity contribution in [3.05, 3.63) is 41.5 Å². The summed E-state index contributed by atoms with van der Waals surface area (Å²) in [5.41, 5.74) is 1.85. The number of aryl methyl sites for hydroxylation is 1. The summed E-state index contributed by atoms with van der Waals surface area (Å²) in [7, 11) is 0.851. The minimum absolute atomic E-state index is 0.0383. The van der Waals surface area contributed by atoms with Gasteiger partial charge in [0.15, 0.2) is 11.5 Å². The normalized spacial score (nSPS) is 14.6. The Balaban J connectivity index is 1.80. The smallest absolute Gasteiger partial charge is 0.243 e. The molecule has 174 valence electrons. The van der Waals surface area contributed by atoms with Crippen molar-refractivity contribution in [3.63, 3.8) is 0 Å². The number of ether oxygens (including phenoxy) is 4. The molecule has 2 aromatic rings. The summed E-state index contributed by atoms with van der Waals surface area (Å²) < 4.78 is 48.5. The highest BCUT2D eigenvalue weighted by atomic mass is 32.2. The Morgan fingerprint density at radius 3 is 2.22 bits per heavy atom. The van der Waals surface area contributed by atoms with E-state index in [1.807, 2.05) is 0 Å². The summed E-state index contributed by atoms with van der Waals surface area (Å²) in [4.78, 5) is 12.9. The van der Waals surface area contributed by atoms with Crippen molar-refractivity contribution in [2.75, 3.05) is 52.9 Å². The number of rotatable bonds is 8. The fourth-order valence-corrected chi connectivity index (χ4v) is 4.88. The van der Waals surface area contributed by atoms with E-state index in [4.69, 9.17) is 18.9 Å². The van der Waals surface area contributed by atoms with Crippen molar-refractivity contribution in [2.45, 2.75) is 18.2 Å². The maximum absolute atomic E-state index is 12.9. The van der Waals surface area contributed by atoms with Crippen LogP contribution in [-0.4, -0.2) is 66.3 Å². The molecule has 32 heavy (non-hydrogen) atoms. The van der Waals surface area contributed by atoms with Gasteiger partial charge >= 0.3 is 0 Å². The predicted molar refractivity (Wildman–Crippen MR) is 119 cm³/mol. The van der Waals surface area contributed by atoms with Crippen LogP contribution in [0, 0.1) is 6.92 Å². The zero-order valence-electron chi connectivity index (χ0n) is 18.6. The van der Waals surface area contributed by atoms with Gasteiger partial charge in [-0.1, -0.05) is 6.07 Å². The van der Waals surface area contributed by atoms with Crippen LogP contribution in [0.4, 0.5) is 5.69 Å². The molecule has 0 aliphatic carbocycles. The van der Waals surface area contributed by atoms with Gasteiger partial charge in [0, 0.05) is 18.8 Å². The molecule has 10 heteroatoms. The van der Waals surface area contributed by atoms with Gasteiger partial charge in [-0.3, -0.25) is 4.79 Å². The molecule has 0 radical (unpaired) electrons. The number of amides is 1. The quantitative estimate of drug-likeness (QED) is 0.639. The number of hydrogen-bond donors (Lipinski definition) is 1. The van der Waals surface area contributed by atoms with Crippen LogP contribution < -0.4 is 19.5 Å². The Bertz CT molecular complexity index is 1050. The number of carbonyl (C=O) groups excluding carboxylic acids is 1. The lowest BCUT2D eigenvalue weighted by atomic mass is 10.1. The van der Waals surface area contributed by atoms with Crippen LogP contribution in [0.25, 0.3) is 0 Å². The third kappa shape index (κ3) is 5.14. The van der Waals surface area contributed by atoms with Crippen molar-refractivity contribution in [2.24, 2.45) is 0 Å². The van der Waals surface area contributed by atoms with E-state index in [-0.39, 0.29) is 17.2 Å². The first kappa shape index (κ1) is 23.8. The molecule has 9 nitrogen and oxygen atoms in total. The van der Waals surface area contributed by atoms with Gasteiger partial charge in [0.1, 0.15) is 0 Å². The summed E-state index contributed by atoms with van der Waals surface area (Å²) in [6.45, 7) is 3.14. The Kier molecular flexibility index (Phi) is 7.60. The predicted octanol–water partition coefficient (Wildman–Crippen LogP) is 2.22. The number of nitrogens with one attached hydrogen (secondary N) is 1. The second kappa shape index (κ2) is 10.2. The fourth-order valence-electron chi connectivity index (χ4n) is 3.45. The van der Waals surface area contributed by atoms with Gasteiger partial charge in [-0.05, 0) is 42.3 Å². The summed E-state index contributed by atoms with van der Waals surface area (Å²) in [6.07, 6.45) is 0.0383. The first-order chi connectivity index (χ1) is 15.3. The van der Waals surface area contributed by atoms with Gasteiger partial charge in [-0.2, -0.15) is 4.31 Å². The summed E-state index contributed by atoms with van der Waals surface area (Å²) in [5, 5.41) is 2.82. The molecular formula is C22H28N2O7S. The highest BCUT2D eigenvalue weighted by Gasteiger charge is 2.27. The van der Waals surface area contributed by atoms with E-state index in [0.717, 1.165) is 5.56 Å². The minimum Gasteiger partial charge on any atom is -0.493 e. The Morgan fingerprint density at radius 1 is 1.03 bits per heavy atom. The Hall–Kier alpha value is -2.82. The summed E-state index contributed by atoms with van der Waals surface area (Å²) in [5.74, 6) is 1.04. The zero-order valence-corrected chi connectivity index (χ0v) is 19.5. The van der Waals surface area contributed by atoms with E-state index in [1.54, 1.807) is 31.2 Å². The van der Waals surface area contributed by atoms with Crippen molar-refractivity contribution >= 4 is 21.6 Å². The molecule has 2 aromatic carbocycles. The topological polar surface area (TPSA) is 103 Å².